The van der Waals surface area contributed by atoms with Gasteiger partial charge in [0.05, 0.1) is 12.2 Å². The van der Waals surface area contributed by atoms with E-state index in [2.05, 4.69) is 6.58 Å². The van der Waals surface area contributed by atoms with Crippen molar-refractivity contribution in [1.82, 2.24) is 0 Å². The standard InChI is InChI=1S/C13H24O3/c1-2-6-13(16)9-4-3-7-12(13,11-15)8-5-10-14/h2,14-16H,1,3-11H2/t12-,13-/m1/s1. The van der Waals surface area contributed by atoms with Crippen LogP contribution in [0, 0.1) is 5.41 Å². The van der Waals surface area contributed by atoms with E-state index >= 15 is 0 Å². The number of hydrogen-bond donors (Lipinski definition) is 3. The largest absolute Gasteiger partial charge is 0.396 e. The van der Waals surface area contributed by atoms with E-state index in [0.29, 0.717) is 19.3 Å². The summed E-state index contributed by atoms with van der Waals surface area (Å²) in [5.41, 5.74) is -1.28. The van der Waals surface area contributed by atoms with E-state index in [1.807, 2.05) is 0 Å². The Morgan fingerprint density at radius 1 is 1.19 bits per heavy atom. The van der Waals surface area contributed by atoms with E-state index in [0.717, 1.165) is 25.7 Å². The lowest BCUT2D eigenvalue weighted by Crippen LogP contribution is -2.52. The van der Waals surface area contributed by atoms with Gasteiger partial charge in [-0.1, -0.05) is 18.9 Å². The summed E-state index contributed by atoms with van der Waals surface area (Å²) in [7, 11) is 0. The van der Waals surface area contributed by atoms with E-state index in [4.69, 9.17) is 5.11 Å². The van der Waals surface area contributed by atoms with Gasteiger partial charge in [0, 0.05) is 12.0 Å². The van der Waals surface area contributed by atoms with Crippen molar-refractivity contribution in [3.8, 4) is 0 Å². The van der Waals surface area contributed by atoms with E-state index in [1.54, 1.807) is 6.08 Å². The van der Waals surface area contributed by atoms with Crippen LogP contribution in [0.2, 0.25) is 0 Å². The fourth-order valence-electron chi connectivity index (χ4n) is 3.02. The average Bonchev–Trinajstić information content (AvgIpc) is 2.29. The Morgan fingerprint density at radius 2 is 1.88 bits per heavy atom. The summed E-state index contributed by atoms with van der Waals surface area (Å²) in [5.74, 6) is 0. The molecule has 1 fully saturated rings. The van der Waals surface area contributed by atoms with Crippen molar-refractivity contribution in [2.45, 2.75) is 50.5 Å². The Hall–Kier alpha value is -0.380. The molecule has 0 unspecified atom stereocenters. The van der Waals surface area contributed by atoms with Gasteiger partial charge in [-0.3, -0.25) is 0 Å². The van der Waals surface area contributed by atoms with Crippen molar-refractivity contribution in [2.75, 3.05) is 13.2 Å². The maximum atomic E-state index is 10.7. The topological polar surface area (TPSA) is 60.7 Å². The molecule has 0 saturated heterocycles. The second-order valence-corrected chi connectivity index (χ2v) is 5.00. The lowest BCUT2D eigenvalue weighted by Gasteiger charge is -2.49. The van der Waals surface area contributed by atoms with Gasteiger partial charge in [0.2, 0.25) is 0 Å². The van der Waals surface area contributed by atoms with E-state index in [9.17, 15) is 10.2 Å². The lowest BCUT2D eigenvalue weighted by atomic mass is 9.60. The smallest absolute Gasteiger partial charge is 0.0759 e. The molecule has 1 rings (SSSR count). The normalized spacial score (nSPS) is 34.9. The Bertz CT molecular complexity index is 229. The second kappa shape index (κ2) is 5.80. The molecule has 2 atom stereocenters. The summed E-state index contributed by atoms with van der Waals surface area (Å²) < 4.78 is 0. The molecule has 3 N–H and O–H groups in total. The molecular formula is C13H24O3. The zero-order chi connectivity index (χ0) is 12.1. The van der Waals surface area contributed by atoms with Gasteiger partial charge in [-0.2, -0.15) is 0 Å². The minimum absolute atomic E-state index is 0.00264. The summed E-state index contributed by atoms with van der Waals surface area (Å²) in [6.45, 7) is 3.80. The Kier molecular flexibility index (Phi) is 4.96. The van der Waals surface area contributed by atoms with Crippen LogP contribution in [0.5, 0.6) is 0 Å². The first-order valence-electron chi connectivity index (χ1n) is 6.19. The van der Waals surface area contributed by atoms with Gasteiger partial charge in [0.15, 0.2) is 0 Å². The number of aliphatic hydroxyl groups is 3. The number of hydrogen-bond acceptors (Lipinski definition) is 3. The molecular weight excluding hydrogens is 204 g/mol. The molecule has 0 aromatic rings. The highest BCUT2D eigenvalue weighted by Gasteiger charge is 2.49. The van der Waals surface area contributed by atoms with Gasteiger partial charge in [0.1, 0.15) is 0 Å². The van der Waals surface area contributed by atoms with Crippen LogP contribution in [-0.2, 0) is 0 Å². The number of aliphatic hydroxyl groups excluding tert-OH is 2. The fourth-order valence-corrected chi connectivity index (χ4v) is 3.02. The number of rotatable bonds is 6. The molecule has 1 aliphatic carbocycles. The first-order valence-corrected chi connectivity index (χ1v) is 6.19. The molecule has 0 aromatic carbocycles. The van der Waals surface area contributed by atoms with Gasteiger partial charge >= 0.3 is 0 Å². The highest BCUT2D eigenvalue weighted by Crippen LogP contribution is 2.49. The van der Waals surface area contributed by atoms with Crippen LogP contribution in [-0.4, -0.2) is 34.1 Å². The minimum Gasteiger partial charge on any atom is -0.396 e. The maximum absolute atomic E-state index is 10.7. The first kappa shape index (κ1) is 13.7. The third-order valence-electron chi connectivity index (χ3n) is 4.08. The first-order chi connectivity index (χ1) is 7.64. The van der Waals surface area contributed by atoms with Gasteiger partial charge in [-0.15, -0.1) is 6.58 Å². The van der Waals surface area contributed by atoms with E-state index < -0.39 is 11.0 Å². The van der Waals surface area contributed by atoms with E-state index in [1.165, 1.54) is 0 Å². The SMILES string of the molecule is C=CC[C@@]1(O)CCCC[C@]1(CO)CCCO. The van der Waals surface area contributed by atoms with Gasteiger partial charge in [-0.25, -0.2) is 0 Å². The molecule has 0 radical (unpaired) electrons. The highest BCUT2D eigenvalue weighted by atomic mass is 16.3. The maximum Gasteiger partial charge on any atom is 0.0759 e. The fraction of sp³-hybridized carbons (Fsp3) is 0.846. The van der Waals surface area contributed by atoms with Crippen molar-refractivity contribution in [3.63, 3.8) is 0 Å². The molecule has 16 heavy (non-hydrogen) atoms. The predicted molar refractivity (Wildman–Crippen MR) is 64.1 cm³/mol. The van der Waals surface area contributed by atoms with Gasteiger partial charge in [0.25, 0.3) is 0 Å². The van der Waals surface area contributed by atoms with Crippen molar-refractivity contribution in [1.29, 1.82) is 0 Å². The minimum atomic E-state index is -0.836. The molecule has 0 amide bonds. The summed E-state index contributed by atoms with van der Waals surface area (Å²) >= 11 is 0. The van der Waals surface area contributed by atoms with E-state index in [-0.39, 0.29) is 13.2 Å². The third-order valence-corrected chi connectivity index (χ3v) is 4.08. The van der Waals surface area contributed by atoms with Crippen LogP contribution in [0.25, 0.3) is 0 Å². The summed E-state index contributed by atoms with van der Waals surface area (Å²) in [6, 6.07) is 0. The van der Waals surface area contributed by atoms with Crippen molar-refractivity contribution < 1.29 is 15.3 Å². The zero-order valence-corrected chi connectivity index (χ0v) is 9.99. The Balaban J connectivity index is 2.86. The van der Waals surface area contributed by atoms with Crippen molar-refractivity contribution in [2.24, 2.45) is 5.41 Å². The summed E-state index contributed by atoms with van der Waals surface area (Å²) in [4.78, 5) is 0. The molecule has 3 nitrogen and oxygen atoms in total. The van der Waals surface area contributed by atoms with Crippen LogP contribution in [0.3, 0.4) is 0 Å². The lowest BCUT2D eigenvalue weighted by molar-refractivity contribution is -0.140. The monoisotopic (exact) mass is 228 g/mol. The van der Waals surface area contributed by atoms with Gasteiger partial charge < -0.3 is 15.3 Å². The zero-order valence-electron chi connectivity index (χ0n) is 9.99. The molecule has 0 heterocycles. The Labute approximate surface area is 97.8 Å². The molecule has 94 valence electrons. The Morgan fingerprint density at radius 3 is 2.44 bits per heavy atom. The van der Waals surface area contributed by atoms with Gasteiger partial charge in [-0.05, 0) is 32.1 Å². The van der Waals surface area contributed by atoms with Crippen molar-refractivity contribution >= 4 is 0 Å². The summed E-state index contributed by atoms with van der Waals surface area (Å²) in [6.07, 6.45) is 7.20. The molecule has 0 aliphatic heterocycles. The van der Waals surface area contributed by atoms with Crippen LogP contribution in [0.4, 0.5) is 0 Å². The van der Waals surface area contributed by atoms with Crippen LogP contribution in [0.1, 0.15) is 44.9 Å². The quantitative estimate of drug-likeness (QED) is 0.605. The predicted octanol–water partition coefficient (Wildman–Crippen LogP) is 1.62. The molecule has 1 saturated carbocycles. The molecule has 3 heteroatoms. The molecule has 1 aliphatic rings. The third kappa shape index (κ3) is 2.47. The average molecular weight is 228 g/mol. The highest BCUT2D eigenvalue weighted by molar-refractivity contribution is 5.04. The van der Waals surface area contributed by atoms with Crippen LogP contribution < -0.4 is 0 Å². The van der Waals surface area contributed by atoms with Crippen LogP contribution in [0.15, 0.2) is 12.7 Å². The molecule has 0 spiro atoms. The van der Waals surface area contributed by atoms with Crippen LogP contribution >= 0.6 is 0 Å². The second-order valence-electron chi connectivity index (χ2n) is 5.00. The molecule has 0 bridgehead atoms. The van der Waals surface area contributed by atoms with Crippen molar-refractivity contribution in [3.05, 3.63) is 12.7 Å². The summed E-state index contributed by atoms with van der Waals surface area (Å²) in [5, 5.41) is 29.3. The molecule has 0 aromatic heterocycles.